The molecule has 1 aromatic rings. The maximum absolute atomic E-state index is 13.2. The summed E-state index contributed by atoms with van der Waals surface area (Å²) in [7, 11) is 0. The Hall–Kier alpha value is -1.14. The third-order valence-electron chi connectivity index (χ3n) is 3.28. The van der Waals surface area contributed by atoms with Crippen molar-refractivity contribution in [2.24, 2.45) is 0 Å². The van der Waals surface area contributed by atoms with Gasteiger partial charge >= 0.3 is 6.18 Å². The minimum atomic E-state index is -4.41. The number of nitrogens with one attached hydrogen (secondary N) is 1. The molecule has 1 N–H and O–H groups in total. The lowest BCUT2D eigenvalue weighted by molar-refractivity contribution is -0.139. The van der Waals surface area contributed by atoms with E-state index < -0.39 is 23.4 Å². The molecular formula is C15H23F3N2O. The van der Waals surface area contributed by atoms with E-state index in [9.17, 15) is 13.2 Å². The Balaban J connectivity index is 3.27. The number of halogens is 3. The van der Waals surface area contributed by atoms with Crippen LogP contribution in [0.1, 0.15) is 51.3 Å². The lowest BCUT2D eigenvalue weighted by atomic mass is 9.89. The van der Waals surface area contributed by atoms with Crippen LogP contribution in [0, 0.1) is 0 Å². The third-order valence-corrected chi connectivity index (χ3v) is 3.28. The molecule has 1 unspecified atom stereocenters. The average molecular weight is 304 g/mol. The topological polar surface area (TPSA) is 34.2 Å². The van der Waals surface area contributed by atoms with Crippen LogP contribution in [0.5, 0.6) is 0 Å². The molecule has 0 aliphatic heterocycles. The van der Waals surface area contributed by atoms with Gasteiger partial charge in [0.25, 0.3) is 0 Å². The standard InChI is InChI=1S/C15H23F3N2O/c1-5-8-20-13(14(3,4)21-6-2)11-10-19-9-7-12(11)15(16,17)18/h7,9-10,13,20H,5-6,8H2,1-4H3. The minimum absolute atomic E-state index is 0.122. The minimum Gasteiger partial charge on any atom is -0.374 e. The van der Waals surface area contributed by atoms with Crippen LogP contribution in [-0.2, 0) is 10.9 Å². The number of rotatable bonds is 7. The van der Waals surface area contributed by atoms with Crippen LogP contribution in [0.15, 0.2) is 18.5 Å². The van der Waals surface area contributed by atoms with Crippen molar-refractivity contribution in [3.05, 3.63) is 29.6 Å². The molecule has 3 nitrogen and oxygen atoms in total. The number of ether oxygens (including phenoxy) is 1. The zero-order valence-corrected chi connectivity index (χ0v) is 12.9. The summed E-state index contributed by atoms with van der Waals surface area (Å²) < 4.78 is 45.3. The van der Waals surface area contributed by atoms with Crippen molar-refractivity contribution in [2.45, 2.75) is 51.9 Å². The molecule has 1 aromatic heterocycles. The number of hydrogen-bond donors (Lipinski definition) is 1. The summed E-state index contributed by atoms with van der Waals surface area (Å²) in [5, 5.41) is 3.16. The average Bonchev–Trinajstić information content (AvgIpc) is 2.38. The van der Waals surface area contributed by atoms with Gasteiger partial charge in [0, 0.05) is 24.6 Å². The first kappa shape index (κ1) is 17.9. The van der Waals surface area contributed by atoms with E-state index in [1.807, 2.05) is 13.8 Å². The fourth-order valence-corrected chi connectivity index (χ4v) is 2.37. The lowest BCUT2D eigenvalue weighted by Gasteiger charge is -2.36. The highest BCUT2D eigenvalue weighted by Gasteiger charge is 2.40. The van der Waals surface area contributed by atoms with Crippen LogP contribution in [0.25, 0.3) is 0 Å². The monoisotopic (exact) mass is 304 g/mol. The highest BCUT2D eigenvalue weighted by atomic mass is 19.4. The van der Waals surface area contributed by atoms with Gasteiger partial charge in [-0.1, -0.05) is 6.92 Å². The smallest absolute Gasteiger partial charge is 0.374 e. The highest BCUT2D eigenvalue weighted by molar-refractivity contribution is 5.31. The largest absolute Gasteiger partial charge is 0.416 e. The summed E-state index contributed by atoms with van der Waals surface area (Å²) in [5.74, 6) is 0. The van der Waals surface area contributed by atoms with E-state index in [-0.39, 0.29) is 5.56 Å². The van der Waals surface area contributed by atoms with Crippen molar-refractivity contribution in [2.75, 3.05) is 13.2 Å². The van der Waals surface area contributed by atoms with Gasteiger partial charge in [-0.25, -0.2) is 0 Å². The van der Waals surface area contributed by atoms with Crippen LogP contribution in [0.3, 0.4) is 0 Å². The van der Waals surface area contributed by atoms with E-state index in [2.05, 4.69) is 10.3 Å². The summed E-state index contributed by atoms with van der Waals surface area (Å²) in [6, 6.07) is 0.431. The first-order chi connectivity index (χ1) is 9.74. The molecule has 21 heavy (non-hydrogen) atoms. The maximum Gasteiger partial charge on any atom is 0.416 e. The van der Waals surface area contributed by atoms with Crippen molar-refractivity contribution >= 4 is 0 Å². The van der Waals surface area contributed by atoms with Crippen molar-refractivity contribution in [1.29, 1.82) is 0 Å². The van der Waals surface area contributed by atoms with E-state index in [0.717, 1.165) is 18.7 Å². The van der Waals surface area contributed by atoms with Gasteiger partial charge in [0.05, 0.1) is 17.2 Å². The predicted octanol–water partition coefficient (Wildman–Crippen LogP) is 3.96. The first-order valence-corrected chi connectivity index (χ1v) is 7.12. The lowest BCUT2D eigenvalue weighted by Crippen LogP contribution is -2.43. The third kappa shape index (κ3) is 4.68. The van der Waals surface area contributed by atoms with E-state index in [1.54, 1.807) is 13.8 Å². The molecule has 0 amide bonds. The summed E-state index contributed by atoms with van der Waals surface area (Å²) in [4.78, 5) is 3.87. The molecule has 1 heterocycles. The van der Waals surface area contributed by atoms with Gasteiger partial charge in [0.2, 0.25) is 0 Å². The van der Waals surface area contributed by atoms with Gasteiger partial charge in [-0.15, -0.1) is 0 Å². The Labute approximate surface area is 123 Å². The van der Waals surface area contributed by atoms with E-state index in [0.29, 0.717) is 13.2 Å². The number of alkyl halides is 3. The molecular weight excluding hydrogens is 281 g/mol. The van der Waals surface area contributed by atoms with Gasteiger partial charge in [-0.3, -0.25) is 4.98 Å². The predicted molar refractivity (Wildman–Crippen MR) is 76.0 cm³/mol. The molecule has 0 bridgehead atoms. The van der Waals surface area contributed by atoms with Crippen molar-refractivity contribution < 1.29 is 17.9 Å². The molecule has 0 spiro atoms. The fraction of sp³-hybridized carbons (Fsp3) is 0.667. The van der Waals surface area contributed by atoms with Gasteiger partial charge < -0.3 is 10.1 Å². The number of aromatic nitrogens is 1. The van der Waals surface area contributed by atoms with Crippen LogP contribution < -0.4 is 5.32 Å². The molecule has 120 valence electrons. The van der Waals surface area contributed by atoms with Crippen LogP contribution in [-0.4, -0.2) is 23.7 Å². The van der Waals surface area contributed by atoms with Crippen molar-refractivity contribution in [1.82, 2.24) is 10.3 Å². The normalized spacial score (nSPS) is 14.2. The number of nitrogens with zero attached hydrogens (tertiary/aromatic N) is 1. The van der Waals surface area contributed by atoms with Crippen molar-refractivity contribution in [3.8, 4) is 0 Å². The van der Waals surface area contributed by atoms with E-state index in [1.165, 1.54) is 6.20 Å². The molecule has 1 rings (SSSR count). The van der Waals surface area contributed by atoms with E-state index >= 15 is 0 Å². The van der Waals surface area contributed by atoms with E-state index in [4.69, 9.17) is 4.74 Å². The second-order valence-electron chi connectivity index (χ2n) is 5.38. The van der Waals surface area contributed by atoms with Crippen molar-refractivity contribution in [3.63, 3.8) is 0 Å². The summed E-state index contributed by atoms with van der Waals surface area (Å²) >= 11 is 0. The Kier molecular flexibility index (Phi) is 6.16. The second-order valence-corrected chi connectivity index (χ2v) is 5.38. The van der Waals surface area contributed by atoms with Crippen LogP contribution in [0.4, 0.5) is 13.2 Å². The zero-order chi connectivity index (χ0) is 16.1. The van der Waals surface area contributed by atoms with Crippen LogP contribution in [0.2, 0.25) is 0 Å². The Morgan fingerprint density at radius 3 is 2.48 bits per heavy atom. The Morgan fingerprint density at radius 1 is 1.29 bits per heavy atom. The maximum atomic E-state index is 13.2. The zero-order valence-electron chi connectivity index (χ0n) is 12.9. The number of pyridine rings is 1. The SMILES string of the molecule is CCCNC(c1cnccc1C(F)(F)F)C(C)(C)OCC. The number of hydrogen-bond acceptors (Lipinski definition) is 3. The summed E-state index contributed by atoms with van der Waals surface area (Å²) in [6.45, 7) is 8.40. The molecule has 0 aliphatic carbocycles. The van der Waals surface area contributed by atoms with Gasteiger partial charge in [-0.05, 0) is 39.8 Å². The highest BCUT2D eigenvalue weighted by Crippen LogP contribution is 2.38. The van der Waals surface area contributed by atoms with Gasteiger partial charge in [-0.2, -0.15) is 13.2 Å². The molecule has 0 saturated heterocycles. The summed E-state index contributed by atoms with van der Waals surface area (Å²) in [6.07, 6.45) is -1.15. The first-order valence-electron chi connectivity index (χ1n) is 7.12. The Bertz CT molecular complexity index is 447. The Morgan fingerprint density at radius 2 is 1.95 bits per heavy atom. The van der Waals surface area contributed by atoms with Gasteiger partial charge in [0.15, 0.2) is 0 Å². The van der Waals surface area contributed by atoms with Gasteiger partial charge in [0.1, 0.15) is 0 Å². The second kappa shape index (κ2) is 7.22. The molecule has 1 atom stereocenters. The van der Waals surface area contributed by atoms with Crippen LogP contribution >= 0.6 is 0 Å². The molecule has 0 fully saturated rings. The quantitative estimate of drug-likeness (QED) is 0.828. The molecule has 0 aromatic carbocycles. The molecule has 6 heteroatoms. The fourth-order valence-electron chi connectivity index (χ4n) is 2.37. The molecule has 0 radical (unpaired) electrons. The molecule has 0 aliphatic rings. The summed E-state index contributed by atoms with van der Waals surface area (Å²) in [5.41, 5.74) is -1.32. The molecule has 0 saturated carbocycles.